The molecule has 0 N–H and O–H groups in total. The standard InChI is InChI=1S/C54H78O6/c1-4-7-10-13-16-19-22-25-26-27-28-30-32-35-38-41-44-47-53(56)59-50-51(49-58-52(55)46-43-40-37-34-31-24-21-18-15-12-9-6-3)60-54(57)48-45-42-39-36-33-29-23-20-17-14-11-8-5-2/h7-12,14,16-21,23,25-26,28-31,33-36,38-39,51H,4-6,13,15,22,24,27,32,37,40-50H2,1-3H3/b10-7-,11-8-,12-9-,17-14-,19-16-,21-18-,23-20-,26-25-,30-28-,33-29-,34-31-,38-35-,39-36-. The van der Waals surface area contributed by atoms with Gasteiger partial charge in [-0.25, -0.2) is 0 Å². The van der Waals surface area contributed by atoms with Gasteiger partial charge in [0, 0.05) is 19.3 Å². The van der Waals surface area contributed by atoms with Crippen LogP contribution in [0.5, 0.6) is 0 Å². The zero-order valence-electron chi connectivity index (χ0n) is 37.4. The molecule has 6 heteroatoms. The molecule has 330 valence electrons. The third-order valence-electron chi connectivity index (χ3n) is 8.39. The van der Waals surface area contributed by atoms with Crippen LogP contribution in [0.3, 0.4) is 0 Å². The summed E-state index contributed by atoms with van der Waals surface area (Å²) < 4.78 is 16.5. The number of unbranched alkanes of at least 4 members (excludes halogenated alkanes) is 4. The van der Waals surface area contributed by atoms with Crippen LogP contribution in [0, 0.1) is 0 Å². The van der Waals surface area contributed by atoms with Gasteiger partial charge in [-0.15, -0.1) is 0 Å². The highest BCUT2D eigenvalue weighted by atomic mass is 16.6. The van der Waals surface area contributed by atoms with E-state index in [-0.39, 0.29) is 44.4 Å². The van der Waals surface area contributed by atoms with E-state index in [4.69, 9.17) is 14.2 Å². The summed E-state index contributed by atoms with van der Waals surface area (Å²) in [6.07, 6.45) is 68.2. The molecule has 6 nitrogen and oxygen atoms in total. The predicted molar refractivity (Wildman–Crippen MR) is 255 cm³/mol. The molecule has 0 aliphatic carbocycles. The second-order valence-electron chi connectivity index (χ2n) is 13.9. The van der Waals surface area contributed by atoms with Crippen LogP contribution in [0.1, 0.15) is 143 Å². The average Bonchev–Trinajstić information content (AvgIpc) is 3.24. The molecule has 0 aromatic heterocycles. The van der Waals surface area contributed by atoms with Gasteiger partial charge < -0.3 is 14.2 Å². The first kappa shape index (κ1) is 55.0. The third-order valence-corrected chi connectivity index (χ3v) is 8.39. The van der Waals surface area contributed by atoms with Crippen LogP contribution in [-0.2, 0) is 28.6 Å². The van der Waals surface area contributed by atoms with Gasteiger partial charge in [-0.05, 0) is 103 Å². The molecule has 0 fully saturated rings. The molecule has 0 rings (SSSR count). The van der Waals surface area contributed by atoms with Gasteiger partial charge >= 0.3 is 17.9 Å². The molecule has 0 heterocycles. The number of hydrogen-bond acceptors (Lipinski definition) is 6. The number of allylic oxidation sites excluding steroid dienone is 26. The Labute approximate surface area is 365 Å². The van der Waals surface area contributed by atoms with E-state index in [1.165, 1.54) is 0 Å². The fraction of sp³-hybridized carbons (Fsp3) is 0.463. The van der Waals surface area contributed by atoms with E-state index in [1.54, 1.807) is 0 Å². The van der Waals surface area contributed by atoms with Crippen molar-refractivity contribution in [1.29, 1.82) is 0 Å². The number of carbonyl (C=O) groups excluding carboxylic acids is 3. The van der Waals surface area contributed by atoms with Gasteiger partial charge in [0.25, 0.3) is 0 Å². The summed E-state index contributed by atoms with van der Waals surface area (Å²) in [6.45, 7) is 6.06. The molecule has 0 spiro atoms. The van der Waals surface area contributed by atoms with Gasteiger partial charge in [0.15, 0.2) is 6.10 Å². The first-order valence-electron chi connectivity index (χ1n) is 22.6. The van der Waals surface area contributed by atoms with Crippen LogP contribution in [0.25, 0.3) is 0 Å². The molecule has 0 aliphatic heterocycles. The van der Waals surface area contributed by atoms with Crippen molar-refractivity contribution in [3.63, 3.8) is 0 Å². The fourth-order valence-corrected chi connectivity index (χ4v) is 5.11. The maximum atomic E-state index is 12.7. The van der Waals surface area contributed by atoms with Crippen molar-refractivity contribution in [2.75, 3.05) is 13.2 Å². The molecule has 60 heavy (non-hydrogen) atoms. The lowest BCUT2D eigenvalue weighted by atomic mass is 10.2. The molecule has 0 saturated heterocycles. The molecule has 0 saturated carbocycles. The van der Waals surface area contributed by atoms with Gasteiger partial charge in [0.05, 0.1) is 0 Å². The van der Waals surface area contributed by atoms with Crippen LogP contribution >= 0.6 is 0 Å². The molecule has 0 amide bonds. The Bertz CT molecular complexity index is 1460. The number of ether oxygens (including phenoxy) is 3. The highest BCUT2D eigenvalue weighted by Crippen LogP contribution is 2.08. The van der Waals surface area contributed by atoms with Crippen molar-refractivity contribution in [1.82, 2.24) is 0 Å². The van der Waals surface area contributed by atoms with E-state index < -0.39 is 12.1 Å². The normalized spacial score (nSPS) is 13.6. The van der Waals surface area contributed by atoms with Crippen molar-refractivity contribution in [3.05, 3.63) is 158 Å². The molecule has 0 aliphatic rings. The Morgan fingerprint density at radius 2 is 0.683 bits per heavy atom. The molecule has 0 aromatic rings. The quantitative estimate of drug-likeness (QED) is 0.0204. The zero-order chi connectivity index (χ0) is 43.7. The molecular formula is C54H78O6. The van der Waals surface area contributed by atoms with Crippen molar-refractivity contribution in [3.8, 4) is 0 Å². The zero-order valence-corrected chi connectivity index (χ0v) is 37.4. The van der Waals surface area contributed by atoms with E-state index in [0.717, 1.165) is 77.0 Å². The Morgan fingerprint density at radius 3 is 1.13 bits per heavy atom. The summed E-state index contributed by atoms with van der Waals surface area (Å²) in [5.74, 6) is -1.15. The van der Waals surface area contributed by atoms with Gasteiger partial charge in [-0.3, -0.25) is 14.4 Å². The Morgan fingerprint density at radius 1 is 0.350 bits per heavy atom. The van der Waals surface area contributed by atoms with E-state index in [0.29, 0.717) is 25.7 Å². The molecule has 0 aromatic carbocycles. The average molecular weight is 823 g/mol. The maximum Gasteiger partial charge on any atom is 0.306 e. The van der Waals surface area contributed by atoms with E-state index in [9.17, 15) is 14.4 Å². The second kappa shape index (κ2) is 46.7. The second-order valence-corrected chi connectivity index (χ2v) is 13.9. The van der Waals surface area contributed by atoms with Crippen LogP contribution in [0.2, 0.25) is 0 Å². The molecular weight excluding hydrogens is 745 g/mol. The summed E-state index contributed by atoms with van der Waals surface area (Å²) >= 11 is 0. The number of carbonyl (C=O) groups is 3. The van der Waals surface area contributed by atoms with E-state index >= 15 is 0 Å². The number of rotatable bonds is 37. The van der Waals surface area contributed by atoms with Gasteiger partial charge in [0.2, 0.25) is 0 Å². The smallest absolute Gasteiger partial charge is 0.306 e. The summed E-state index contributed by atoms with van der Waals surface area (Å²) in [5.41, 5.74) is 0. The predicted octanol–water partition coefficient (Wildman–Crippen LogP) is 14.7. The highest BCUT2D eigenvalue weighted by Gasteiger charge is 2.19. The van der Waals surface area contributed by atoms with Crippen LogP contribution in [0.15, 0.2) is 158 Å². The van der Waals surface area contributed by atoms with Crippen molar-refractivity contribution < 1.29 is 28.6 Å². The third kappa shape index (κ3) is 44.1. The van der Waals surface area contributed by atoms with Crippen LogP contribution in [0.4, 0.5) is 0 Å². The molecule has 1 unspecified atom stereocenters. The molecule has 1 atom stereocenters. The van der Waals surface area contributed by atoms with Gasteiger partial charge in [-0.2, -0.15) is 0 Å². The van der Waals surface area contributed by atoms with Gasteiger partial charge in [-0.1, -0.05) is 179 Å². The minimum Gasteiger partial charge on any atom is -0.462 e. The van der Waals surface area contributed by atoms with Crippen molar-refractivity contribution in [2.45, 2.75) is 149 Å². The monoisotopic (exact) mass is 823 g/mol. The first-order valence-corrected chi connectivity index (χ1v) is 22.6. The Balaban J connectivity index is 4.68. The topological polar surface area (TPSA) is 78.9 Å². The van der Waals surface area contributed by atoms with Gasteiger partial charge in [0.1, 0.15) is 13.2 Å². The largest absolute Gasteiger partial charge is 0.462 e. The Hall–Kier alpha value is -4.97. The van der Waals surface area contributed by atoms with Crippen LogP contribution in [-0.4, -0.2) is 37.2 Å². The lowest BCUT2D eigenvalue weighted by Gasteiger charge is -2.18. The number of hydrogen-bond donors (Lipinski definition) is 0. The maximum absolute atomic E-state index is 12.7. The van der Waals surface area contributed by atoms with Crippen LogP contribution < -0.4 is 0 Å². The van der Waals surface area contributed by atoms with E-state index in [1.807, 2.05) is 54.7 Å². The minimum atomic E-state index is -0.860. The Kier molecular flexibility index (Phi) is 42.8. The SMILES string of the molecule is CC\C=C/C=C\C=C/C=C\C=C/CCCC(=O)OC(COC(=O)CCC/C=C\C/C=C\C/C=C\C/C=C\C/C=C\CC)COC(=O)CCCC/C=C\C/C=C\C/C=C\CC. The molecule has 0 radical (unpaired) electrons. The summed E-state index contributed by atoms with van der Waals surface area (Å²) in [4.78, 5) is 37.7. The lowest BCUT2D eigenvalue weighted by Crippen LogP contribution is -2.30. The van der Waals surface area contributed by atoms with Crippen molar-refractivity contribution in [2.24, 2.45) is 0 Å². The summed E-state index contributed by atoms with van der Waals surface area (Å²) in [5, 5.41) is 0. The fourth-order valence-electron chi connectivity index (χ4n) is 5.11. The van der Waals surface area contributed by atoms with Crippen molar-refractivity contribution >= 4 is 17.9 Å². The molecule has 0 bridgehead atoms. The van der Waals surface area contributed by atoms with E-state index in [2.05, 4.69) is 124 Å². The number of esters is 3. The summed E-state index contributed by atoms with van der Waals surface area (Å²) in [7, 11) is 0. The highest BCUT2D eigenvalue weighted by molar-refractivity contribution is 5.71. The first-order chi connectivity index (χ1) is 29.5. The lowest BCUT2D eigenvalue weighted by molar-refractivity contribution is -0.167. The minimum absolute atomic E-state index is 0.153. The summed E-state index contributed by atoms with van der Waals surface area (Å²) in [6, 6.07) is 0.